The maximum Gasteiger partial charge on any atom is 0.227 e. The molecule has 0 aromatic heterocycles. The van der Waals surface area contributed by atoms with Crippen LogP contribution in [0.5, 0.6) is 0 Å². The second-order valence-corrected chi connectivity index (χ2v) is 5.23. The summed E-state index contributed by atoms with van der Waals surface area (Å²) in [6.07, 6.45) is 2.44. The first-order chi connectivity index (χ1) is 8.08. The molecule has 1 unspecified atom stereocenters. The van der Waals surface area contributed by atoms with E-state index in [1.807, 2.05) is 4.90 Å². The summed E-state index contributed by atoms with van der Waals surface area (Å²) < 4.78 is 0. The van der Waals surface area contributed by atoms with Gasteiger partial charge in [0.15, 0.2) is 0 Å². The first-order valence-electron chi connectivity index (χ1n) is 6.30. The van der Waals surface area contributed by atoms with Crippen LogP contribution in [0.1, 0.15) is 19.3 Å². The Morgan fingerprint density at radius 1 is 1.35 bits per heavy atom. The van der Waals surface area contributed by atoms with Gasteiger partial charge in [-0.3, -0.25) is 9.59 Å². The zero-order valence-corrected chi connectivity index (χ0v) is 10.6. The third-order valence-corrected chi connectivity index (χ3v) is 3.83. The van der Waals surface area contributed by atoms with Gasteiger partial charge in [0.25, 0.3) is 0 Å². The number of nitrogens with zero attached hydrogens (tertiary/aromatic N) is 2. The van der Waals surface area contributed by atoms with E-state index in [4.69, 9.17) is 0 Å². The lowest BCUT2D eigenvalue weighted by atomic mass is 10.0. The molecule has 1 N–H and O–H groups in total. The molecule has 17 heavy (non-hydrogen) atoms. The topological polar surface area (TPSA) is 52.6 Å². The lowest BCUT2D eigenvalue weighted by molar-refractivity contribution is -0.137. The van der Waals surface area contributed by atoms with Crippen molar-refractivity contribution in [3.8, 4) is 0 Å². The highest BCUT2D eigenvalue weighted by atomic mass is 16.2. The lowest BCUT2D eigenvalue weighted by Gasteiger charge is -2.36. The Morgan fingerprint density at radius 2 is 2.00 bits per heavy atom. The lowest BCUT2D eigenvalue weighted by Crippen LogP contribution is -2.46. The molecule has 96 valence electrons. The molecule has 0 bridgehead atoms. The van der Waals surface area contributed by atoms with E-state index in [1.54, 1.807) is 0 Å². The number of piperidine rings is 1. The van der Waals surface area contributed by atoms with E-state index in [-0.39, 0.29) is 17.7 Å². The fraction of sp³-hybridized carbons (Fsp3) is 0.833. The van der Waals surface area contributed by atoms with Gasteiger partial charge in [-0.2, -0.15) is 0 Å². The minimum absolute atomic E-state index is 0.00604. The number of hydrogen-bond acceptors (Lipinski definition) is 3. The minimum atomic E-state index is -0.126. The molecule has 2 amide bonds. The van der Waals surface area contributed by atoms with Gasteiger partial charge >= 0.3 is 0 Å². The van der Waals surface area contributed by atoms with Gasteiger partial charge in [-0.05, 0) is 26.9 Å². The molecule has 0 aromatic carbocycles. The van der Waals surface area contributed by atoms with Crippen LogP contribution < -0.4 is 5.32 Å². The Hall–Kier alpha value is -1.10. The van der Waals surface area contributed by atoms with E-state index in [0.717, 1.165) is 25.9 Å². The number of likely N-dealkylation sites (tertiary alicyclic amines) is 1. The number of carbonyl (C=O) groups excluding carboxylic acids is 2. The van der Waals surface area contributed by atoms with Crippen molar-refractivity contribution in [2.75, 3.05) is 33.7 Å². The first kappa shape index (κ1) is 12.4. The normalized spacial score (nSPS) is 26.4. The Bertz CT molecular complexity index is 309. The summed E-state index contributed by atoms with van der Waals surface area (Å²) in [5, 5.41) is 2.72. The van der Waals surface area contributed by atoms with Crippen LogP contribution in [0, 0.1) is 5.92 Å². The molecule has 0 aliphatic carbocycles. The van der Waals surface area contributed by atoms with E-state index in [9.17, 15) is 9.59 Å². The van der Waals surface area contributed by atoms with Crippen molar-refractivity contribution in [3.63, 3.8) is 0 Å². The molecule has 5 nitrogen and oxygen atoms in total. The molecular weight excluding hydrogens is 218 g/mol. The highest BCUT2D eigenvalue weighted by molar-refractivity contribution is 5.89. The van der Waals surface area contributed by atoms with Crippen molar-refractivity contribution in [3.05, 3.63) is 0 Å². The highest BCUT2D eigenvalue weighted by Gasteiger charge is 2.33. The fourth-order valence-corrected chi connectivity index (χ4v) is 2.64. The van der Waals surface area contributed by atoms with E-state index in [0.29, 0.717) is 19.0 Å². The van der Waals surface area contributed by atoms with Crippen molar-refractivity contribution in [1.29, 1.82) is 0 Å². The second kappa shape index (κ2) is 5.04. The van der Waals surface area contributed by atoms with Crippen molar-refractivity contribution in [2.24, 2.45) is 5.92 Å². The molecule has 2 rings (SSSR count). The minimum Gasteiger partial charge on any atom is -0.355 e. The van der Waals surface area contributed by atoms with Crippen molar-refractivity contribution in [2.45, 2.75) is 25.3 Å². The number of carbonyl (C=O) groups is 2. The summed E-state index contributed by atoms with van der Waals surface area (Å²) in [6.45, 7) is 2.17. The molecule has 5 heteroatoms. The largest absolute Gasteiger partial charge is 0.355 e. The van der Waals surface area contributed by atoms with Gasteiger partial charge in [0, 0.05) is 32.1 Å². The molecule has 2 fully saturated rings. The Morgan fingerprint density at radius 3 is 2.47 bits per heavy atom. The van der Waals surface area contributed by atoms with Gasteiger partial charge in [0.05, 0.1) is 5.92 Å². The summed E-state index contributed by atoms with van der Waals surface area (Å²) >= 11 is 0. The molecule has 2 aliphatic heterocycles. The van der Waals surface area contributed by atoms with Gasteiger partial charge in [0.1, 0.15) is 0 Å². The first-order valence-corrected chi connectivity index (χ1v) is 6.30. The summed E-state index contributed by atoms with van der Waals surface area (Å²) in [6, 6.07) is 0.586. The number of hydrogen-bond donors (Lipinski definition) is 1. The number of rotatable bonds is 2. The number of nitrogens with one attached hydrogen (secondary N) is 1. The van der Waals surface area contributed by atoms with Gasteiger partial charge < -0.3 is 15.1 Å². The van der Waals surface area contributed by atoms with Crippen LogP contribution in [-0.2, 0) is 9.59 Å². The average Bonchev–Trinajstić information content (AvgIpc) is 2.75. The zero-order valence-electron chi connectivity index (χ0n) is 10.6. The molecule has 0 saturated carbocycles. The summed E-state index contributed by atoms with van der Waals surface area (Å²) in [4.78, 5) is 27.4. The predicted octanol–water partition coefficient (Wildman–Crippen LogP) is -0.325. The Labute approximate surface area is 102 Å². The van der Waals surface area contributed by atoms with Gasteiger partial charge in [-0.25, -0.2) is 0 Å². The van der Waals surface area contributed by atoms with Crippen LogP contribution in [0.3, 0.4) is 0 Å². The van der Waals surface area contributed by atoms with Crippen LogP contribution in [0.4, 0.5) is 0 Å². The summed E-state index contributed by atoms with van der Waals surface area (Å²) in [5.74, 6) is 0.0329. The van der Waals surface area contributed by atoms with Crippen LogP contribution in [0.2, 0.25) is 0 Å². The van der Waals surface area contributed by atoms with Gasteiger partial charge in [-0.1, -0.05) is 0 Å². The maximum absolute atomic E-state index is 12.1. The van der Waals surface area contributed by atoms with Crippen molar-refractivity contribution < 1.29 is 9.59 Å². The molecule has 0 aromatic rings. The summed E-state index contributed by atoms with van der Waals surface area (Å²) in [7, 11) is 4.17. The van der Waals surface area contributed by atoms with E-state index in [1.165, 1.54) is 0 Å². The van der Waals surface area contributed by atoms with E-state index < -0.39 is 0 Å². The Balaban J connectivity index is 1.84. The van der Waals surface area contributed by atoms with E-state index in [2.05, 4.69) is 24.3 Å². The van der Waals surface area contributed by atoms with Crippen molar-refractivity contribution >= 4 is 11.8 Å². The third kappa shape index (κ3) is 2.77. The molecule has 0 radical (unpaired) electrons. The van der Waals surface area contributed by atoms with Crippen LogP contribution in [-0.4, -0.2) is 61.4 Å². The highest BCUT2D eigenvalue weighted by Crippen LogP contribution is 2.19. The molecule has 2 aliphatic rings. The van der Waals surface area contributed by atoms with Crippen LogP contribution in [0.15, 0.2) is 0 Å². The quantitative estimate of drug-likeness (QED) is 0.718. The average molecular weight is 239 g/mol. The standard InChI is InChI=1S/C12H21N3O2/c1-14(2)10-3-5-15(6-4-10)12(17)9-7-11(16)13-8-9/h9-10H,3-8H2,1-2H3,(H,13,16). The number of amides is 2. The van der Waals surface area contributed by atoms with Gasteiger partial charge in [-0.15, -0.1) is 0 Å². The molecular formula is C12H21N3O2. The maximum atomic E-state index is 12.1. The van der Waals surface area contributed by atoms with Crippen LogP contribution >= 0.6 is 0 Å². The third-order valence-electron chi connectivity index (χ3n) is 3.83. The van der Waals surface area contributed by atoms with Crippen molar-refractivity contribution in [1.82, 2.24) is 15.1 Å². The van der Waals surface area contributed by atoms with Gasteiger partial charge in [0.2, 0.25) is 11.8 Å². The predicted molar refractivity (Wildman–Crippen MR) is 64.4 cm³/mol. The monoisotopic (exact) mass is 239 g/mol. The molecule has 2 saturated heterocycles. The second-order valence-electron chi connectivity index (χ2n) is 5.23. The summed E-state index contributed by atoms with van der Waals surface area (Å²) in [5.41, 5.74) is 0. The fourth-order valence-electron chi connectivity index (χ4n) is 2.64. The molecule has 2 heterocycles. The van der Waals surface area contributed by atoms with Crippen LogP contribution in [0.25, 0.3) is 0 Å². The van der Waals surface area contributed by atoms with E-state index >= 15 is 0 Å². The molecule has 0 spiro atoms. The smallest absolute Gasteiger partial charge is 0.227 e. The SMILES string of the molecule is CN(C)C1CCN(C(=O)C2CNC(=O)C2)CC1. The zero-order chi connectivity index (χ0) is 12.4. The molecule has 1 atom stereocenters. The Kier molecular flexibility index (Phi) is 3.66.